The van der Waals surface area contributed by atoms with Gasteiger partial charge in [0.25, 0.3) is 5.91 Å². The Labute approximate surface area is 154 Å². The van der Waals surface area contributed by atoms with E-state index in [1.165, 1.54) is 29.2 Å². The average Bonchev–Trinajstić information content (AvgIpc) is 2.91. The highest BCUT2D eigenvalue weighted by Gasteiger charge is 2.31. The first-order chi connectivity index (χ1) is 12.5. The van der Waals surface area contributed by atoms with Gasteiger partial charge in [0, 0.05) is 21.4 Å². The summed E-state index contributed by atoms with van der Waals surface area (Å²) in [7, 11) is 0. The molecular formula is C20H15ClFNO3. The van der Waals surface area contributed by atoms with Crippen LogP contribution in [0.4, 0.5) is 10.1 Å². The van der Waals surface area contributed by atoms with E-state index in [-0.39, 0.29) is 24.9 Å². The maximum atomic E-state index is 12.9. The van der Waals surface area contributed by atoms with E-state index < -0.39 is 6.10 Å². The zero-order valence-corrected chi connectivity index (χ0v) is 14.4. The minimum absolute atomic E-state index is 0.0114. The smallest absolute Gasteiger partial charge is 0.259 e. The lowest BCUT2D eigenvalue weighted by molar-refractivity contribution is 0.0913. The van der Waals surface area contributed by atoms with Crippen LogP contribution >= 0.6 is 11.6 Å². The van der Waals surface area contributed by atoms with Gasteiger partial charge in [0.1, 0.15) is 24.3 Å². The van der Waals surface area contributed by atoms with E-state index in [1.54, 1.807) is 24.3 Å². The lowest BCUT2D eigenvalue weighted by Crippen LogP contribution is -2.37. The summed E-state index contributed by atoms with van der Waals surface area (Å²) in [4.78, 5) is 14.3. The Bertz CT molecular complexity index is 990. The van der Waals surface area contributed by atoms with Crippen LogP contribution < -0.4 is 9.64 Å². The van der Waals surface area contributed by atoms with Crippen molar-refractivity contribution in [2.24, 2.45) is 0 Å². The molecule has 1 unspecified atom stereocenters. The van der Waals surface area contributed by atoms with Crippen molar-refractivity contribution in [1.29, 1.82) is 0 Å². The second-order valence-electron chi connectivity index (χ2n) is 6.13. The standard InChI is InChI=1S/C20H15ClFNO3/c21-17-8-9-18-19-15(17)2-1-3-16(19)20(25)23(18)10-13(24)11-26-14-6-4-12(22)5-7-14/h1-9,13,24H,10-11H2. The summed E-state index contributed by atoms with van der Waals surface area (Å²) >= 11 is 6.23. The topological polar surface area (TPSA) is 49.8 Å². The number of β-amino-alcohol motifs (C(OH)–C–C–N with tert-alkyl or cyclic N) is 1. The average molecular weight is 372 g/mol. The first-order valence-corrected chi connectivity index (χ1v) is 8.52. The number of rotatable bonds is 5. The second-order valence-corrected chi connectivity index (χ2v) is 6.54. The molecule has 3 aromatic rings. The summed E-state index contributed by atoms with van der Waals surface area (Å²) in [6.07, 6.45) is -0.899. The molecule has 1 aliphatic rings. The molecule has 1 amide bonds. The van der Waals surface area contributed by atoms with Gasteiger partial charge in [0.15, 0.2) is 0 Å². The molecule has 1 N–H and O–H groups in total. The zero-order valence-electron chi connectivity index (χ0n) is 13.7. The van der Waals surface area contributed by atoms with Gasteiger partial charge in [0.2, 0.25) is 0 Å². The van der Waals surface area contributed by atoms with Crippen LogP contribution in [0.3, 0.4) is 0 Å². The number of aliphatic hydroxyl groups excluding tert-OH is 1. The van der Waals surface area contributed by atoms with Gasteiger partial charge in [-0.25, -0.2) is 4.39 Å². The highest BCUT2D eigenvalue weighted by Crippen LogP contribution is 2.40. The third kappa shape index (κ3) is 2.89. The molecular weight excluding hydrogens is 357 g/mol. The fourth-order valence-electron chi connectivity index (χ4n) is 3.18. The monoisotopic (exact) mass is 371 g/mol. The summed E-state index contributed by atoms with van der Waals surface area (Å²) in [5.41, 5.74) is 1.30. The van der Waals surface area contributed by atoms with Gasteiger partial charge < -0.3 is 14.7 Å². The highest BCUT2D eigenvalue weighted by atomic mass is 35.5. The molecule has 26 heavy (non-hydrogen) atoms. The number of amides is 1. The number of halogens is 2. The molecule has 4 rings (SSSR count). The highest BCUT2D eigenvalue weighted by molar-refractivity contribution is 6.38. The van der Waals surface area contributed by atoms with Crippen molar-refractivity contribution in [2.45, 2.75) is 6.10 Å². The number of aliphatic hydroxyl groups is 1. The van der Waals surface area contributed by atoms with Crippen molar-refractivity contribution in [1.82, 2.24) is 0 Å². The number of hydrogen-bond acceptors (Lipinski definition) is 3. The first-order valence-electron chi connectivity index (χ1n) is 8.14. The van der Waals surface area contributed by atoms with Crippen molar-refractivity contribution >= 4 is 34.0 Å². The Balaban J connectivity index is 1.52. The number of anilines is 1. The Morgan fingerprint density at radius 1 is 1.12 bits per heavy atom. The number of nitrogens with zero attached hydrogens (tertiary/aromatic N) is 1. The summed E-state index contributed by atoms with van der Waals surface area (Å²) < 4.78 is 18.4. The van der Waals surface area contributed by atoms with Crippen LogP contribution in [0.1, 0.15) is 10.4 Å². The van der Waals surface area contributed by atoms with Crippen molar-refractivity contribution in [3.63, 3.8) is 0 Å². The fourth-order valence-corrected chi connectivity index (χ4v) is 3.40. The van der Waals surface area contributed by atoms with E-state index in [1.807, 2.05) is 6.07 Å². The molecule has 3 aromatic carbocycles. The van der Waals surface area contributed by atoms with Crippen molar-refractivity contribution in [2.75, 3.05) is 18.1 Å². The normalized spacial score (nSPS) is 14.1. The number of hydrogen-bond donors (Lipinski definition) is 1. The van der Waals surface area contributed by atoms with E-state index in [9.17, 15) is 14.3 Å². The van der Waals surface area contributed by atoms with Crippen LogP contribution in [0, 0.1) is 5.82 Å². The number of benzene rings is 3. The van der Waals surface area contributed by atoms with Gasteiger partial charge in [-0.1, -0.05) is 23.7 Å². The number of ether oxygens (including phenoxy) is 1. The van der Waals surface area contributed by atoms with Crippen molar-refractivity contribution in [3.8, 4) is 5.75 Å². The maximum Gasteiger partial charge on any atom is 0.259 e. The Morgan fingerprint density at radius 3 is 2.65 bits per heavy atom. The largest absolute Gasteiger partial charge is 0.491 e. The lowest BCUT2D eigenvalue weighted by atomic mass is 10.1. The molecule has 0 aliphatic carbocycles. The zero-order chi connectivity index (χ0) is 18.3. The quantitative estimate of drug-likeness (QED) is 0.736. The molecule has 4 nitrogen and oxygen atoms in total. The molecule has 1 aliphatic heterocycles. The maximum absolute atomic E-state index is 12.9. The number of carbonyl (C=O) groups excluding carboxylic acids is 1. The first kappa shape index (κ1) is 16.8. The van der Waals surface area contributed by atoms with E-state index in [2.05, 4.69) is 0 Å². The molecule has 132 valence electrons. The van der Waals surface area contributed by atoms with E-state index in [4.69, 9.17) is 16.3 Å². The van der Waals surface area contributed by atoms with Crippen LogP contribution in [-0.2, 0) is 0 Å². The van der Waals surface area contributed by atoms with Crippen LogP contribution in [-0.4, -0.2) is 30.3 Å². The van der Waals surface area contributed by atoms with Crippen LogP contribution in [0.25, 0.3) is 10.8 Å². The summed E-state index contributed by atoms with van der Waals surface area (Å²) in [6.45, 7) is 0.0773. The Hall–Kier alpha value is -2.63. The SMILES string of the molecule is O=C1c2cccc3c(Cl)ccc(c23)N1CC(O)COc1ccc(F)cc1. The lowest BCUT2D eigenvalue weighted by Gasteiger charge is -2.21. The summed E-state index contributed by atoms with van der Waals surface area (Å²) in [5.74, 6) is -0.0749. The molecule has 1 heterocycles. The summed E-state index contributed by atoms with van der Waals surface area (Å²) in [5, 5.41) is 12.5. The minimum atomic E-state index is -0.899. The molecule has 1 atom stereocenters. The van der Waals surface area contributed by atoms with E-state index in [0.29, 0.717) is 16.3 Å². The van der Waals surface area contributed by atoms with Gasteiger partial charge in [-0.15, -0.1) is 0 Å². The van der Waals surface area contributed by atoms with Crippen LogP contribution in [0.5, 0.6) is 5.75 Å². The van der Waals surface area contributed by atoms with Gasteiger partial charge in [-0.05, 0) is 42.5 Å². The minimum Gasteiger partial charge on any atom is -0.491 e. The predicted octanol–water partition coefficient (Wildman–Crippen LogP) is 4.03. The van der Waals surface area contributed by atoms with Crippen molar-refractivity contribution in [3.05, 3.63) is 71.0 Å². The molecule has 0 spiro atoms. The van der Waals surface area contributed by atoms with E-state index in [0.717, 1.165) is 16.5 Å². The van der Waals surface area contributed by atoms with Gasteiger partial charge >= 0.3 is 0 Å². The van der Waals surface area contributed by atoms with Gasteiger partial charge in [0.05, 0.1) is 12.2 Å². The van der Waals surface area contributed by atoms with Gasteiger partial charge in [-0.2, -0.15) is 0 Å². The molecule has 0 fully saturated rings. The Morgan fingerprint density at radius 2 is 1.88 bits per heavy atom. The third-order valence-electron chi connectivity index (χ3n) is 4.38. The van der Waals surface area contributed by atoms with Crippen LogP contribution in [0.2, 0.25) is 5.02 Å². The number of carbonyl (C=O) groups is 1. The summed E-state index contributed by atoms with van der Waals surface area (Å²) in [6, 6.07) is 14.5. The molecule has 0 bridgehead atoms. The molecule has 0 saturated heterocycles. The molecule has 0 saturated carbocycles. The molecule has 0 radical (unpaired) electrons. The second kappa shape index (κ2) is 6.59. The fraction of sp³-hybridized carbons (Fsp3) is 0.150. The molecule has 0 aromatic heterocycles. The van der Waals surface area contributed by atoms with Gasteiger partial charge in [-0.3, -0.25) is 4.79 Å². The van der Waals surface area contributed by atoms with Crippen molar-refractivity contribution < 1.29 is 19.0 Å². The third-order valence-corrected chi connectivity index (χ3v) is 4.71. The van der Waals surface area contributed by atoms with Crippen LogP contribution in [0.15, 0.2) is 54.6 Å². The predicted molar refractivity (Wildman–Crippen MR) is 98.5 cm³/mol. The van der Waals surface area contributed by atoms with E-state index >= 15 is 0 Å². The molecule has 6 heteroatoms. The Kier molecular flexibility index (Phi) is 4.26.